The van der Waals surface area contributed by atoms with E-state index < -0.39 is 0 Å². The van der Waals surface area contributed by atoms with Crippen LogP contribution in [0.4, 0.5) is 0 Å². The highest BCUT2D eigenvalue weighted by molar-refractivity contribution is 7.99. The minimum atomic E-state index is 0.399. The molecule has 5 heteroatoms. The normalized spacial score (nSPS) is 11.6. The van der Waals surface area contributed by atoms with Gasteiger partial charge in [0.1, 0.15) is 10.9 Å². The van der Waals surface area contributed by atoms with E-state index in [1.165, 1.54) is 10.7 Å². The van der Waals surface area contributed by atoms with Gasteiger partial charge in [-0.25, -0.2) is 4.98 Å². The molecule has 0 aliphatic carbocycles. The van der Waals surface area contributed by atoms with Crippen LogP contribution in [0.3, 0.4) is 0 Å². The van der Waals surface area contributed by atoms with E-state index in [1.54, 1.807) is 11.8 Å². The van der Waals surface area contributed by atoms with E-state index in [9.17, 15) is 0 Å². The second-order valence-corrected chi connectivity index (χ2v) is 7.41. The maximum absolute atomic E-state index is 6.12. The molecule has 2 rings (SSSR count). The summed E-state index contributed by atoms with van der Waals surface area (Å²) in [6, 6.07) is 8.00. The Kier molecular flexibility index (Phi) is 5.95. The van der Waals surface area contributed by atoms with Crippen molar-refractivity contribution in [2.45, 2.75) is 49.7 Å². The molecule has 0 radical (unpaired) electrons. The second-order valence-electron chi connectivity index (χ2n) is 5.91. The van der Waals surface area contributed by atoms with Crippen LogP contribution in [-0.4, -0.2) is 28.5 Å². The molecule has 0 spiro atoms. The molecule has 2 aromatic rings. The van der Waals surface area contributed by atoms with Crippen molar-refractivity contribution in [2.24, 2.45) is 0 Å². The van der Waals surface area contributed by atoms with Crippen molar-refractivity contribution in [3.63, 3.8) is 0 Å². The fourth-order valence-electron chi connectivity index (χ4n) is 2.36. The zero-order valence-corrected chi connectivity index (χ0v) is 15.5. The SMILES string of the molecule is CCn1c(CN(C)C)nc(C(C)C)c1Sc1cccc(Cl)c1. The summed E-state index contributed by atoms with van der Waals surface area (Å²) < 4.78 is 2.32. The van der Waals surface area contributed by atoms with Crippen LogP contribution in [0.2, 0.25) is 5.02 Å². The molecule has 0 saturated carbocycles. The molecule has 1 heterocycles. The Hall–Kier alpha value is -0.970. The highest BCUT2D eigenvalue weighted by atomic mass is 35.5. The number of halogens is 1. The summed E-state index contributed by atoms with van der Waals surface area (Å²) in [5.74, 6) is 1.52. The highest BCUT2D eigenvalue weighted by Crippen LogP contribution is 2.35. The number of rotatable bonds is 6. The Balaban J connectivity index is 2.45. The maximum Gasteiger partial charge on any atom is 0.124 e. The van der Waals surface area contributed by atoms with Gasteiger partial charge in [0.2, 0.25) is 0 Å². The second kappa shape index (κ2) is 7.53. The van der Waals surface area contributed by atoms with E-state index in [0.717, 1.165) is 28.8 Å². The molecular formula is C17H24ClN3S. The van der Waals surface area contributed by atoms with Crippen LogP contribution in [-0.2, 0) is 13.1 Å². The third kappa shape index (κ3) is 4.06. The summed E-state index contributed by atoms with van der Waals surface area (Å²) in [6.07, 6.45) is 0. The molecule has 0 N–H and O–H groups in total. The molecule has 0 atom stereocenters. The Morgan fingerprint density at radius 3 is 2.59 bits per heavy atom. The summed E-state index contributed by atoms with van der Waals surface area (Å²) in [5, 5.41) is 2.00. The zero-order valence-electron chi connectivity index (χ0n) is 13.9. The average Bonchev–Trinajstić information content (AvgIpc) is 2.75. The summed E-state index contributed by atoms with van der Waals surface area (Å²) in [6.45, 7) is 8.34. The Bertz CT molecular complexity index is 635. The smallest absolute Gasteiger partial charge is 0.124 e. The van der Waals surface area contributed by atoms with Crippen molar-refractivity contribution in [2.75, 3.05) is 14.1 Å². The molecule has 120 valence electrons. The molecule has 0 amide bonds. The summed E-state index contributed by atoms with van der Waals surface area (Å²) in [4.78, 5) is 8.22. The van der Waals surface area contributed by atoms with Crippen LogP contribution in [0.1, 0.15) is 38.2 Å². The van der Waals surface area contributed by atoms with Gasteiger partial charge in [-0.1, -0.05) is 43.3 Å². The van der Waals surface area contributed by atoms with Gasteiger partial charge in [-0.2, -0.15) is 0 Å². The van der Waals surface area contributed by atoms with Gasteiger partial charge in [0, 0.05) is 16.5 Å². The quantitative estimate of drug-likeness (QED) is 0.748. The Morgan fingerprint density at radius 1 is 1.32 bits per heavy atom. The van der Waals surface area contributed by atoms with Gasteiger partial charge < -0.3 is 9.47 Å². The summed E-state index contributed by atoms with van der Waals surface area (Å²) >= 11 is 7.87. The van der Waals surface area contributed by atoms with E-state index in [4.69, 9.17) is 16.6 Å². The van der Waals surface area contributed by atoms with Gasteiger partial charge in [0.15, 0.2) is 0 Å². The highest BCUT2D eigenvalue weighted by Gasteiger charge is 2.20. The maximum atomic E-state index is 6.12. The van der Waals surface area contributed by atoms with Crippen molar-refractivity contribution in [3.05, 3.63) is 40.8 Å². The first-order valence-corrected chi connectivity index (χ1v) is 8.79. The fourth-order valence-corrected chi connectivity index (χ4v) is 3.90. The molecule has 0 aliphatic heterocycles. The predicted molar refractivity (Wildman–Crippen MR) is 95.0 cm³/mol. The van der Waals surface area contributed by atoms with Gasteiger partial charge in [-0.3, -0.25) is 0 Å². The molecule has 0 unspecified atom stereocenters. The van der Waals surface area contributed by atoms with Gasteiger partial charge in [-0.05, 0) is 45.1 Å². The molecule has 3 nitrogen and oxygen atoms in total. The van der Waals surface area contributed by atoms with Gasteiger partial charge in [0.25, 0.3) is 0 Å². The van der Waals surface area contributed by atoms with E-state index >= 15 is 0 Å². The standard InChI is InChI=1S/C17H24ClN3S/c1-6-21-15(11-20(4)5)19-16(12(2)3)17(21)22-14-9-7-8-13(18)10-14/h7-10,12H,6,11H2,1-5H3. The molecule has 0 aliphatic rings. The minimum Gasteiger partial charge on any atom is -0.322 e. The predicted octanol–water partition coefficient (Wildman–Crippen LogP) is 4.89. The molecular weight excluding hydrogens is 314 g/mol. The van der Waals surface area contributed by atoms with E-state index in [2.05, 4.69) is 50.4 Å². The van der Waals surface area contributed by atoms with Crippen LogP contribution in [0.15, 0.2) is 34.2 Å². The van der Waals surface area contributed by atoms with E-state index in [-0.39, 0.29) is 0 Å². The zero-order chi connectivity index (χ0) is 16.3. The van der Waals surface area contributed by atoms with Gasteiger partial charge in [-0.15, -0.1) is 0 Å². The molecule has 1 aromatic carbocycles. The van der Waals surface area contributed by atoms with Crippen LogP contribution in [0.5, 0.6) is 0 Å². The van der Waals surface area contributed by atoms with Crippen molar-refractivity contribution >= 4 is 23.4 Å². The van der Waals surface area contributed by atoms with Gasteiger partial charge in [0.05, 0.1) is 12.2 Å². The lowest BCUT2D eigenvalue weighted by atomic mass is 10.1. The van der Waals surface area contributed by atoms with Crippen LogP contribution in [0, 0.1) is 0 Å². The van der Waals surface area contributed by atoms with Crippen molar-refractivity contribution < 1.29 is 0 Å². The first-order valence-electron chi connectivity index (χ1n) is 7.59. The number of imidazole rings is 1. The lowest BCUT2D eigenvalue weighted by Crippen LogP contribution is -2.15. The third-order valence-corrected chi connectivity index (χ3v) is 4.70. The van der Waals surface area contributed by atoms with Crippen molar-refractivity contribution in [3.8, 4) is 0 Å². The minimum absolute atomic E-state index is 0.399. The third-order valence-electron chi connectivity index (χ3n) is 3.36. The average molecular weight is 338 g/mol. The molecule has 0 bridgehead atoms. The lowest BCUT2D eigenvalue weighted by Gasteiger charge is -2.13. The number of hydrogen-bond acceptors (Lipinski definition) is 3. The van der Waals surface area contributed by atoms with E-state index in [0.29, 0.717) is 5.92 Å². The summed E-state index contributed by atoms with van der Waals surface area (Å²) in [7, 11) is 4.15. The number of hydrogen-bond donors (Lipinski definition) is 0. The lowest BCUT2D eigenvalue weighted by molar-refractivity contribution is 0.379. The van der Waals surface area contributed by atoms with Gasteiger partial charge >= 0.3 is 0 Å². The van der Waals surface area contributed by atoms with E-state index in [1.807, 2.05) is 18.2 Å². The Labute approximate surface area is 142 Å². The number of nitrogens with zero attached hydrogens (tertiary/aromatic N) is 3. The number of aromatic nitrogens is 2. The molecule has 22 heavy (non-hydrogen) atoms. The topological polar surface area (TPSA) is 21.1 Å². The summed E-state index contributed by atoms with van der Waals surface area (Å²) in [5.41, 5.74) is 1.17. The number of benzene rings is 1. The molecule has 0 saturated heterocycles. The van der Waals surface area contributed by atoms with Crippen LogP contribution < -0.4 is 0 Å². The van der Waals surface area contributed by atoms with Crippen LogP contribution in [0.25, 0.3) is 0 Å². The monoisotopic (exact) mass is 337 g/mol. The first-order chi connectivity index (χ1) is 10.4. The molecule has 0 fully saturated rings. The fraction of sp³-hybridized carbons (Fsp3) is 0.471. The first kappa shape index (κ1) is 17.4. The van der Waals surface area contributed by atoms with Crippen molar-refractivity contribution in [1.82, 2.24) is 14.5 Å². The molecule has 1 aromatic heterocycles. The largest absolute Gasteiger partial charge is 0.322 e. The van der Waals surface area contributed by atoms with Crippen molar-refractivity contribution in [1.29, 1.82) is 0 Å². The Morgan fingerprint density at radius 2 is 2.05 bits per heavy atom. The van der Waals surface area contributed by atoms with Crippen LogP contribution >= 0.6 is 23.4 Å².